The molecule has 0 aromatic carbocycles. The molecular weight excluding hydrogens is 239 g/mol. The molecule has 0 amide bonds. The van der Waals surface area contributed by atoms with E-state index in [1.807, 2.05) is 0 Å². The van der Waals surface area contributed by atoms with E-state index < -0.39 is 0 Å². The number of halogens is 1. The Morgan fingerprint density at radius 1 is 1.70 bits per heavy atom. The standard InChI is InChI=1S/C7H14IN2/c1-7(2)9-5-4-6(8-3)10-7/h5-6,10H,4H2,1-3H3/q-1. The second kappa shape index (κ2) is 3.17. The van der Waals surface area contributed by atoms with Gasteiger partial charge in [0, 0.05) is 0 Å². The van der Waals surface area contributed by atoms with E-state index >= 15 is 0 Å². The fraction of sp³-hybridized carbons (Fsp3) is 0.857. The third-order valence-electron chi connectivity index (χ3n) is 1.50. The Balaban J connectivity index is 2.54. The van der Waals surface area contributed by atoms with Crippen molar-refractivity contribution in [1.82, 2.24) is 5.32 Å². The molecule has 0 bridgehead atoms. The van der Waals surface area contributed by atoms with Crippen molar-refractivity contribution < 1.29 is 21.2 Å². The van der Waals surface area contributed by atoms with Gasteiger partial charge in [0.25, 0.3) is 0 Å². The summed E-state index contributed by atoms with van der Waals surface area (Å²) in [5.74, 6) is 0. The van der Waals surface area contributed by atoms with E-state index in [0.29, 0.717) is 21.2 Å². The number of alkyl halides is 2. The van der Waals surface area contributed by atoms with Crippen molar-refractivity contribution in [3.63, 3.8) is 0 Å². The SMILES string of the molecule is C[I-]C1CC=NC(C)(C)N1. The topological polar surface area (TPSA) is 24.4 Å². The molecule has 0 aliphatic carbocycles. The van der Waals surface area contributed by atoms with Gasteiger partial charge in [-0.15, -0.1) is 0 Å². The van der Waals surface area contributed by atoms with Crippen LogP contribution in [0.2, 0.25) is 0 Å². The minimum absolute atomic E-state index is 0.00134. The predicted molar refractivity (Wildman–Crippen MR) is 40.0 cm³/mol. The fourth-order valence-corrected chi connectivity index (χ4v) is 2.81. The van der Waals surface area contributed by atoms with Gasteiger partial charge < -0.3 is 0 Å². The van der Waals surface area contributed by atoms with Crippen LogP contribution in [-0.2, 0) is 0 Å². The Morgan fingerprint density at radius 2 is 2.40 bits per heavy atom. The van der Waals surface area contributed by atoms with Crippen LogP contribution in [0.25, 0.3) is 0 Å². The summed E-state index contributed by atoms with van der Waals surface area (Å²) in [6.07, 6.45) is 3.19. The molecule has 0 spiro atoms. The number of hydrogen-bond acceptors (Lipinski definition) is 2. The van der Waals surface area contributed by atoms with Crippen LogP contribution in [0.5, 0.6) is 0 Å². The summed E-state index contributed by atoms with van der Waals surface area (Å²) >= 11 is 0.324. The van der Waals surface area contributed by atoms with Crippen LogP contribution in [0.1, 0.15) is 20.3 Å². The molecule has 0 saturated heterocycles. The number of hydrogen-bond donors (Lipinski definition) is 1. The van der Waals surface area contributed by atoms with Gasteiger partial charge >= 0.3 is 72.6 Å². The average Bonchev–Trinajstić information content (AvgIpc) is 1.86. The van der Waals surface area contributed by atoms with Crippen molar-refractivity contribution >= 4 is 6.21 Å². The molecule has 2 nitrogen and oxygen atoms in total. The van der Waals surface area contributed by atoms with Gasteiger partial charge in [0.05, 0.1) is 0 Å². The zero-order valence-corrected chi connectivity index (χ0v) is 8.84. The van der Waals surface area contributed by atoms with Gasteiger partial charge in [-0.1, -0.05) is 0 Å². The van der Waals surface area contributed by atoms with Gasteiger partial charge in [-0.05, 0) is 0 Å². The van der Waals surface area contributed by atoms with Gasteiger partial charge in [-0.3, -0.25) is 0 Å². The Bertz CT molecular complexity index is 143. The third-order valence-corrected chi connectivity index (χ3v) is 3.82. The van der Waals surface area contributed by atoms with Gasteiger partial charge in [-0.25, -0.2) is 0 Å². The monoisotopic (exact) mass is 253 g/mol. The van der Waals surface area contributed by atoms with E-state index in [4.69, 9.17) is 0 Å². The molecule has 1 rings (SSSR count). The van der Waals surface area contributed by atoms with Crippen molar-refractivity contribution in [3.8, 4) is 0 Å². The molecule has 1 aliphatic rings. The van der Waals surface area contributed by atoms with Crippen LogP contribution >= 0.6 is 0 Å². The molecule has 1 atom stereocenters. The first-order chi connectivity index (χ1) is 4.64. The maximum atomic E-state index is 4.34. The summed E-state index contributed by atoms with van der Waals surface area (Å²) in [5.41, 5.74) is -0.00134. The first-order valence-corrected chi connectivity index (χ1v) is 6.84. The van der Waals surface area contributed by atoms with Gasteiger partial charge in [0.15, 0.2) is 0 Å². The average molecular weight is 253 g/mol. The van der Waals surface area contributed by atoms with Crippen LogP contribution < -0.4 is 26.5 Å². The van der Waals surface area contributed by atoms with Gasteiger partial charge in [0.2, 0.25) is 0 Å². The van der Waals surface area contributed by atoms with Gasteiger partial charge in [-0.2, -0.15) is 0 Å². The van der Waals surface area contributed by atoms with E-state index in [1.165, 1.54) is 0 Å². The number of aliphatic imine (C=N–C) groups is 1. The molecule has 0 fully saturated rings. The number of nitrogens with one attached hydrogen (secondary N) is 1. The molecule has 1 heterocycles. The van der Waals surface area contributed by atoms with E-state index in [-0.39, 0.29) is 5.66 Å². The molecule has 0 saturated carbocycles. The predicted octanol–water partition coefficient (Wildman–Crippen LogP) is -2.17. The van der Waals surface area contributed by atoms with E-state index in [1.54, 1.807) is 0 Å². The summed E-state index contributed by atoms with van der Waals surface area (Å²) in [4.78, 5) is 6.65. The normalized spacial score (nSPS) is 30.9. The fourth-order valence-electron chi connectivity index (χ4n) is 0.997. The van der Waals surface area contributed by atoms with Crippen molar-refractivity contribution in [1.29, 1.82) is 0 Å². The number of nitrogens with zero attached hydrogens (tertiary/aromatic N) is 1. The molecule has 1 aliphatic heterocycles. The molecule has 0 aromatic rings. The molecule has 3 heteroatoms. The molecule has 60 valence electrons. The summed E-state index contributed by atoms with van der Waals surface area (Å²) in [5, 5.41) is 3.49. The molecular formula is C7H14IN2-. The third kappa shape index (κ3) is 2.20. The second-order valence-electron chi connectivity index (χ2n) is 2.94. The van der Waals surface area contributed by atoms with E-state index in [2.05, 4.69) is 35.3 Å². The Kier molecular flexibility index (Phi) is 2.68. The second-order valence-corrected chi connectivity index (χ2v) is 5.69. The summed E-state index contributed by atoms with van der Waals surface area (Å²) in [6, 6.07) is 0. The van der Waals surface area contributed by atoms with E-state index in [9.17, 15) is 0 Å². The zero-order valence-electron chi connectivity index (χ0n) is 6.69. The minimum atomic E-state index is -0.00134. The van der Waals surface area contributed by atoms with Crippen molar-refractivity contribution in [2.45, 2.75) is 30.0 Å². The van der Waals surface area contributed by atoms with Crippen LogP contribution in [0.4, 0.5) is 0 Å². The first kappa shape index (κ1) is 8.46. The van der Waals surface area contributed by atoms with Crippen molar-refractivity contribution in [3.05, 3.63) is 0 Å². The summed E-state index contributed by atoms with van der Waals surface area (Å²) in [7, 11) is 0. The molecule has 0 aromatic heterocycles. The van der Waals surface area contributed by atoms with Crippen LogP contribution in [-0.4, -0.2) is 20.9 Å². The Labute approximate surface area is 72.8 Å². The van der Waals surface area contributed by atoms with Gasteiger partial charge in [0.1, 0.15) is 0 Å². The van der Waals surface area contributed by atoms with Crippen LogP contribution in [0.15, 0.2) is 4.99 Å². The quantitative estimate of drug-likeness (QED) is 0.321. The summed E-state index contributed by atoms with van der Waals surface area (Å²) in [6.45, 7) is 4.24. The van der Waals surface area contributed by atoms with Crippen molar-refractivity contribution in [2.75, 3.05) is 4.93 Å². The Morgan fingerprint density at radius 3 is 2.80 bits per heavy atom. The maximum absolute atomic E-state index is 4.34. The molecule has 0 radical (unpaired) electrons. The van der Waals surface area contributed by atoms with E-state index in [0.717, 1.165) is 10.5 Å². The van der Waals surface area contributed by atoms with Crippen molar-refractivity contribution in [2.24, 2.45) is 4.99 Å². The molecule has 1 unspecified atom stereocenters. The molecule has 1 N–H and O–H groups in total. The summed E-state index contributed by atoms with van der Waals surface area (Å²) < 4.78 is 0.742. The first-order valence-electron chi connectivity index (χ1n) is 3.43. The Hall–Kier alpha value is 0.360. The van der Waals surface area contributed by atoms with Crippen LogP contribution in [0, 0.1) is 0 Å². The van der Waals surface area contributed by atoms with Crippen LogP contribution in [0.3, 0.4) is 0 Å². The molecule has 10 heavy (non-hydrogen) atoms. The number of rotatable bonds is 1. The zero-order chi connectivity index (χ0) is 7.61.